The Morgan fingerprint density at radius 3 is 2.15 bits per heavy atom. The second-order valence-electron chi connectivity index (χ2n) is 8.82. The Morgan fingerprint density at radius 2 is 1.59 bits per heavy atom. The monoisotopic (exact) mass is 504 g/mol. The van der Waals surface area contributed by atoms with Crippen LogP contribution in [0.15, 0.2) is 63.1 Å². The number of nitrogens with zero attached hydrogens (tertiary/aromatic N) is 2. The van der Waals surface area contributed by atoms with E-state index in [1.165, 1.54) is 41.1 Å². The lowest BCUT2D eigenvalue weighted by atomic mass is 10.0. The number of anilines is 1. The molecule has 0 unspecified atom stereocenters. The van der Waals surface area contributed by atoms with Gasteiger partial charge in [0.2, 0.25) is 10.0 Å². The van der Waals surface area contributed by atoms with Crippen molar-refractivity contribution in [1.29, 1.82) is 0 Å². The molecule has 2 N–H and O–H groups in total. The van der Waals surface area contributed by atoms with Crippen molar-refractivity contribution in [2.45, 2.75) is 55.4 Å². The summed E-state index contributed by atoms with van der Waals surface area (Å²) < 4.78 is 59.0. The zero-order chi connectivity index (χ0) is 24.8. The highest BCUT2D eigenvalue weighted by Crippen LogP contribution is 2.25. The minimum Gasteiger partial charge on any atom is -0.285 e. The van der Waals surface area contributed by atoms with E-state index >= 15 is 0 Å². The van der Waals surface area contributed by atoms with Crippen LogP contribution in [0.2, 0.25) is 0 Å². The van der Waals surface area contributed by atoms with Gasteiger partial charge in [0.25, 0.3) is 15.6 Å². The van der Waals surface area contributed by atoms with E-state index in [2.05, 4.69) is 9.44 Å². The van der Waals surface area contributed by atoms with Crippen LogP contribution >= 0.6 is 0 Å². The standard InChI is InChI=1S/C23H28N4O5S2/c1-15(2)22-16(3)26(4)27(23(22)28)19-10-12-20(13-11-19)33(29,30)25-18-6-5-7-21(14-18)34(31,32)24-17-8-9-17/h5-7,10-15,17,24-25H,8-9H2,1-4H3. The van der Waals surface area contributed by atoms with Crippen LogP contribution in [0.1, 0.15) is 43.9 Å². The number of nitrogens with one attached hydrogen (secondary N) is 2. The molecule has 1 fully saturated rings. The Hall–Kier alpha value is -2.89. The molecule has 0 aliphatic heterocycles. The van der Waals surface area contributed by atoms with Gasteiger partial charge in [0, 0.05) is 24.3 Å². The lowest BCUT2D eigenvalue weighted by Crippen LogP contribution is -2.25. The molecular weight excluding hydrogens is 476 g/mol. The molecule has 0 radical (unpaired) electrons. The van der Waals surface area contributed by atoms with E-state index in [1.807, 2.05) is 20.8 Å². The number of sulfonamides is 2. The van der Waals surface area contributed by atoms with Crippen molar-refractivity contribution in [2.75, 3.05) is 4.72 Å². The van der Waals surface area contributed by atoms with Crippen molar-refractivity contribution < 1.29 is 16.8 Å². The summed E-state index contributed by atoms with van der Waals surface area (Å²) in [5, 5.41) is 0. The molecule has 0 spiro atoms. The zero-order valence-corrected chi connectivity index (χ0v) is 21.1. The summed E-state index contributed by atoms with van der Waals surface area (Å²) in [6.07, 6.45) is 1.60. The highest BCUT2D eigenvalue weighted by atomic mass is 32.2. The average molecular weight is 505 g/mol. The van der Waals surface area contributed by atoms with Gasteiger partial charge in [-0.3, -0.25) is 14.2 Å². The molecule has 34 heavy (non-hydrogen) atoms. The molecule has 0 amide bonds. The molecule has 1 saturated carbocycles. The minimum absolute atomic E-state index is 0.00522. The van der Waals surface area contributed by atoms with Crippen LogP contribution in [-0.4, -0.2) is 32.2 Å². The Bertz CT molecular complexity index is 1500. The lowest BCUT2D eigenvalue weighted by molar-refractivity contribution is 0.580. The number of benzene rings is 2. The van der Waals surface area contributed by atoms with Crippen LogP contribution < -0.4 is 15.0 Å². The van der Waals surface area contributed by atoms with E-state index in [0.29, 0.717) is 11.3 Å². The number of aromatic nitrogens is 2. The summed E-state index contributed by atoms with van der Waals surface area (Å²) in [4.78, 5) is 12.9. The maximum Gasteiger partial charge on any atom is 0.275 e. The van der Waals surface area contributed by atoms with E-state index in [4.69, 9.17) is 0 Å². The summed E-state index contributed by atoms with van der Waals surface area (Å²) in [6, 6.07) is 11.6. The van der Waals surface area contributed by atoms with Crippen LogP contribution in [0.3, 0.4) is 0 Å². The lowest BCUT2D eigenvalue weighted by Gasteiger charge is -2.12. The van der Waals surface area contributed by atoms with Gasteiger partial charge in [-0.25, -0.2) is 26.2 Å². The summed E-state index contributed by atoms with van der Waals surface area (Å²) >= 11 is 0. The predicted molar refractivity (Wildman–Crippen MR) is 130 cm³/mol. The molecule has 3 aromatic rings. The van der Waals surface area contributed by atoms with Gasteiger partial charge in [-0.1, -0.05) is 19.9 Å². The van der Waals surface area contributed by atoms with Gasteiger partial charge >= 0.3 is 0 Å². The van der Waals surface area contributed by atoms with Gasteiger partial charge in [0.15, 0.2) is 0 Å². The van der Waals surface area contributed by atoms with Crippen molar-refractivity contribution >= 4 is 25.7 Å². The third-order valence-corrected chi connectivity index (χ3v) is 8.78. The van der Waals surface area contributed by atoms with Gasteiger partial charge in [0.1, 0.15) is 0 Å². The molecule has 1 aromatic heterocycles. The van der Waals surface area contributed by atoms with Gasteiger partial charge in [-0.05, 0) is 68.1 Å². The second-order valence-corrected chi connectivity index (χ2v) is 12.2. The quantitative estimate of drug-likeness (QED) is 0.489. The third kappa shape index (κ3) is 4.68. The van der Waals surface area contributed by atoms with Crippen molar-refractivity contribution in [2.24, 2.45) is 7.05 Å². The molecule has 0 saturated heterocycles. The number of hydrogen-bond donors (Lipinski definition) is 2. The van der Waals surface area contributed by atoms with Gasteiger partial charge in [-0.2, -0.15) is 0 Å². The number of rotatable bonds is 8. The van der Waals surface area contributed by atoms with Crippen molar-refractivity contribution in [3.8, 4) is 5.69 Å². The normalized spacial score (nSPS) is 14.5. The summed E-state index contributed by atoms with van der Waals surface area (Å²) in [5.41, 5.74) is 2.11. The van der Waals surface area contributed by atoms with Gasteiger partial charge in [-0.15, -0.1) is 0 Å². The first-order chi connectivity index (χ1) is 15.9. The topological polar surface area (TPSA) is 119 Å². The van der Waals surface area contributed by atoms with Crippen LogP contribution in [0, 0.1) is 6.92 Å². The predicted octanol–water partition coefficient (Wildman–Crippen LogP) is 2.85. The fraction of sp³-hybridized carbons (Fsp3) is 0.348. The van der Waals surface area contributed by atoms with Crippen molar-refractivity contribution in [3.05, 3.63) is 70.1 Å². The molecule has 1 heterocycles. The van der Waals surface area contributed by atoms with E-state index < -0.39 is 20.0 Å². The Morgan fingerprint density at radius 1 is 0.941 bits per heavy atom. The average Bonchev–Trinajstić information content (AvgIpc) is 3.53. The molecule has 1 aliphatic carbocycles. The van der Waals surface area contributed by atoms with Crippen LogP contribution in [0.4, 0.5) is 5.69 Å². The molecule has 9 nitrogen and oxygen atoms in total. The van der Waals surface area contributed by atoms with Crippen molar-refractivity contribution in [1.82, 2.24) is 14.1 Å². The Labute approximate surface area is 199 Å². The third-order valence-electron chi connectivity index (χ3n) is 5.86. The van der Waals surface area contributed by atoms with E-state index in [0.717, 1.165) is 18.5 Å². The maximum absolute atomic E-state index is 12.9. The first-order valence-electron chi connectivity index (χ1n) is 10.9. The van der Waals surface area contributed by atoms with Crippen LogP contribution in [-0.2, 0) is 27.1 Å². The molecule has 2 aromatic carbocycles. The SMILES string of the molecule is Cc1c(C(C)C)c(=O)n(-c2ccc(S(=O)(=O)Nc3cccc(S(=O)(=O)NC4CC4)c3)cc2)n1C. The van der Waals surface area contributed by atoms with E-state index in [9.17, 15) is 21.6 Å². The highest BCUT2D eigenvalue weighted by molar-refractivity contribution is 7.92. The molecule has 0 atom stereocenters. The second kappa shape index (κ2) is 8.71. The molecule has 182 valence electrons. The molecule has 0 bridgehead atoms. The van der Waals surface area contributed by atoms with Crippen LogP contribution in [0.25, 0.3) is 5.69 Å². The summed E-state index contributed by atoms with van der Waals surface area (Å²) in [5.74, 6) is 0.0582. The maximum atomic E-state index is 12.9. The molecule has 4 rings (SSSR count). The van der Waals surface area contributed by atoms with E-state index in [-0.39, 0.29) is 33.0 Å². The summed E-state index contributed by atoms with van der Waals surface area (Å²) in [6.45, 7) is 5.79. The highest BCUT2D eigenvalue weighted by Gasteiger charge is 2.28. The summed E-state index contributed by atoms with van der Waals surface area (Å²) in [7, 11) is -5.91. The van der Waals surface area contributed by atoms with Crippen molar-refractivity contribution in [3.63, 3.8) is 0 Å². The molecule has 11 heteroatoms. The van der Waals surface area contributed by atoms with E-state index in [1.54, 1.807) is 23.9 Å². The first kappa shape index (κ1) is 24.2. The van der Waals surface area contributed by atoms with Gasteiger partial charge in [0.05, 0.1) is 21.2 Å². The Kier molecular flexibility index (Phi) is 6.21. The van der Waals surface area contributed by atoms with Gasteiger partial charge < -0.3 is 0 Å². The number of hydrogen-bond acceptors (Lipinski definition) is 5. The minimum atomic E-state index is -3.98. The van der Waals surface area contributed by atoms with Crippen LogP contribution in [0.5, 0.6) is 0 Å². The largest absolute Gasteiger partial charge is 0.285 e. The molecule has 1 aliphatic rings. The Balaban J connectivity index is 1.60. The fourth-order valence-electron chi connectivity index (χ4n) is 3.88. The molecular formula is C23H28N4O5S2. The zero-order valence-electron chi connectivity index (χ0n) is 19.4. The fourth-order valence-corrected chi connectivity index (χ4v) is 6.28. The first-order valence-corrected chi connectivity index (χ1v) is 13.9. The smallest absolute Gasteiger partial charge is 0.275 e.